The number of hydrogen-bond acceptors (Lipinski definition) is 3. The molecule has 0 amide bonds. The van der Waals surface area contributed by atoms with Crippen molar-refractivity contribution in [3.63, 3.8) is 0 Å². The Labute approximate surface area is 78.1 Å². The van der Waals surface area contributed by atoms with E-state index in [1.807, 2.05) is 29.9 Å². The fraction of sp³-hybridized carbons (Fsp3) is 0.200. The van der Waals surface area contributed by atoms with Crippen molar-refractivity contribution >= 4 is 11.6 Å². The zero-order chi connectivity index (χ0) is 8.85. The third-order valence-corrected chi connectivity index (χ3v) is 1.27. The van der Waals surface area contributed by atoms with Gasteiger partial charge >= 0.3 is 21.1 Å². The van der Waals surface area contributed by atoms with E-state index in [9.17, 15) is 0 Å². The SMILES string of the molecule is Cn1cccc1Cl.[O-][I+2]([O-])O. The van der Waals surface area contributed by atoms with Crippen LogP contribution in [0.2, 0.25) is 5.15 Å². The highest BCUT2D eigenvalue weighted by Gasteiger charge is 1.89. The number of aromatic nitrogens is 1. The fourth-order valence-corrected chi connectivity index (χ4v) is 0.569. The summed E-state index contributed by atoms with van der Waals surface area (Å²) in [6, 6.07) is 3.75. The molecule has 1 rings (SSSR count). The van der Waals surface area contributed by atoms with Crippen LogP contribution in [-0.2, 0) is 7.05 Å². The third kappa shape index (κ3) is 6.57. The van der Waals surface area contributed by atoms with Gasteiger partial charge in [-0.1, -0.05) is 11.6 Å². The molecular formula is C5H7ClINO3. The van der Waals surface area contributed by atoms with Crippen LogP contribution in [0.5, 0.6) is 0 Å². The van der Waals surface area contributed by atoms with Crippen LogP contribution in [0.25, 0.3) is 0 Å². The zero-order valence-corrected chi connectivity index (χ0v) is 8.61. The summed E-state index contributed by atoms with van der Waals surface area (Å²) in [5, 5.41) is 0.778. The highest BCUT2D eigenvalue weighted by molar-refractivity contribution is 6.29. The van der Waals surface area contributed by atoms with E-state index in [2.05, 4.69) is 0 Å². The maximum Gasteiger partial charge on any atom is 0.503 e. The first-order chi connectivity index (χ1) is 5.04. The van der Waals surface area contributed by atoms with Crippen molar-refractivity contribution in [2.75, 3.05) is 0 Å². The Hall–Kier alpha value is 0.180. The predicted octanol–water partition coefficient (Wildman–Crippen LogP) is -4.25. The Balaban J connectivity index is 0.000000218. The van der Waals surface area contributed by atoms with Crippen molar-refractivity contribution < 1.29 is 31.4 Å². The summed E-state index contributed by atoms with van der Waals surface area (Å²) in [7, 11) is 1.91. The molecule has 0 aromatic carbocycles. The maximum atomic E-state index is 8.68. The van der Waals surface area contributed by atoms with Crippen LogP contribution in [-0.4, -0.2) is 8.00 Å². The lowest BCUT2D eigenvalue weighted by Gasteiger charge is -1.87. The van der Waals surface area contributed by atoms with Gasteiger partial charge in [0.1, 0.15) is 5.15 Å². The molecule has 1 aromatic heterocycles. The number of halogens is 2. The predicted molar refractivity (Wildman–Crippen MR) is 32.6 cm³/mol. The monoisotopic (exact) mass is 291 g/mol. The van der Waals surface area contributed by atoms with Gasteiger partial charge < -0.3 is 11.4 Å². The molecule has 64 valence electrons. The molecule has 6 heteroatoms. The summed E-state index contributed by atoms with van der Waals surface area (Å²) in [5.41, 5.74) is 0. The van der Waals surface area contributed by atoms with E-state index >= 15 is 0 Å². The molecule has 0 bridgehead atoms. The summed E-state index contributed by atoms with van der Waals surface area (Å²) in [5.74, 6) is 0. The molecule has 1 heterocycles. The van der Waals surface area contributed by atoms with Gasteiger partial charge in [0, 0.05) is 13.2 Å². The molecule has 0 fully saturated rings. The smallest absolute Gasteiger partial charge is 0.396 e. The summed E-state index contributed by atoms with van der Waals surface area (Å²) >= 11 is 1.82. The Bertz CT molecular complexity index is 184. The Morgan fingerprint density at radius 3 is 2.18 bits per heavy atom. The van der Waals surface area contributed by atoms with Gasteiger partial charge in [-0.05, 0) is 15.6 Å². The van der Waals surface area contributed by atoms with Crippen molar-refractivity contribution in [3.8, 4) is 0 Å². The van der Waals surface area contributed by atoms with Crippen LogP contribution >= 0.6 is 11.6 Å². The summed E-state index contributed by atoms with van der Waals surface area (Å²) in [4.78, 5) is 0. The minimum atomic E-state index is -3.76. The average molecular weight is 291 g/mol. The van der Waals surface area contributed by atoms with E-state index in [1.165, 1.54) is 0 Å². The highest BCUT2D eigenvalue weighted by atomic mass is 127. The molecule has 4 nitrogen and oxygen atoms in total. The molecule has 1 N–H and O–H groups in total. The average Bonchev–Trinajstić information content (AvgIpc) is 2.15. The molecule has 0 spiro atoms. The number of nitrogens with zero attached hydrogens (tertiary/aromatic N) is 1. The Morgan fingerprint density at radius 2 is 2.09 bits per heavy atom. The second-order valence-corrected chi connectivity index (χ2v) is 3.18. The van der Waals surface area contributed by atoms with E-state index in [0.717, 1.165) is 5.15 Å². The molecular weight excluding hydrogens is 284 g/mol. The van der Waals surface area contributed by atoms with Gasteiger partial charge in [-0.25, -0.2) is 0 Å². The normalized spacial score (nSPS) is 9.27. The van der Waals surface area contributed by atoms with Crippen molar-refractivity contribution in [2.45, 2.75) is 0 Å². The van der Waals surface area contributed by atoms with Gasteiger partial charge in [0.2, 0.25) is 0 Å². The second kappa shape index (κ2) is 5.78. The lowest BCUT2D eigenvalue weighted by atomic mass is 10.7. The van der Waals surface area contributed by atoms with Gasteiger partial charge in [0.05, 0.1) is 0 Å². The summed E-state index contributed by atoms with van der Waals surface area (Å²) in [6.07, 6.45) is 1.91. The molecule has 1 aromatic rings. The van der Waals surface area contributed by atoms with E-state index < -0.39 is 21.1 Å². The third-order valence-electron chi connectivity index (χ3n) is 0.880. The van der Waals surface area contributed by atoms with E-state index in [1.54, 1.807) is 0 Å². The van der Waals surface area contributed by atoms with Crippen molar-refractivity contribution in [3.05, 3.63) is 23.5 Å². The van der Waals surface area contributed by atoms with Gasteiger partial charge in [-0.3, -0.25) is 0 Å². The van der Waals surface area contributed by atoms with Crippen LogP contribution < -0.4 is 27.9 Å². The maximum absolute atomic E-state index is 8.68. The Morgan fingerprint density at radius 1 is 1.64 bits per heavy atom. The Kier molecular flexibility index (Phi) is 5.88. The molecule has 0 saturated heterocycles. The van der Waals surface area contributed by atoms with E-state index in [-0.39, 0.29) is 0 Å². The van der Waals surface area contributed by atoms with Gasteiger partial charge in [-0.2, -0.15) is 0 Å². The first-order valence-corrected chi connectivity index (χ1v) is 5.66. The summed E-state index contributed by atoms with van der Waals surface area (Å²) in [6.45, 7) is 0. The van der Waals surface area contributed by atoms with Crippen LogP contribution in [0, 0.1) is 0 Å². The molecule has 0 aliphatic carbocycles. The lowest BCUT2D eigenvalue weighted by molar-refractivity contribution is -1.63. The highest BCUT2D eigenvalue weighted by Crippen LogP contribution is 2.04. The van der Waals surface area contributed by atoms with E-state index in [4.69, 9.17) is 21.9 Å². The zero-order valence-electron chi connectivity index (χ0n) is 5.70. The first-order valence-electron chi connectivity index (χ1n) is 2.55. The standard InChI is InChI=1S/C5H6ClN.HIO3/c1-7-4-2-3-5(7)6;2-1(3)4/h2-4H,1H3;2H. The molecule has 0 radical (unpaired) electrons. The van der Waals surface area contributed by atoms with Crippen molar-refractivity contribution in [2.24, 2.45) is 7.05 Å². The van der Waals surface area contributed by atoms with Crippen LogP contribution in [0.1, 0.15) is 0 Å². The number of aryl methyl sites for hydroxylation is 1. The minimum Gasteiger partial charge on any atom is -0.396 e. The van der Waals surface area contributed by atoms with Crippen LogP contribution in [0.4, 0.5) is 0 Å². The quantitative estimate of drug-likeness (QED) is 0.492. The second-order valence-electron chi connectivity index (χ2n) is 1.64. The van der Waals surface area contributed by atoms with Gasteiger partial charge in [-0.15, -0.1) is 0 Å². The molecule has 11 heavy (non-hydrogen) atoms. The number of hydrogen-bond donors (Lipinski definition) is 1. The minimum absolute atomic E-state index is 0.778. The topological polar surface area (TPSA) is 71.3 Å². The molecule has 0 aliphatic rings. The van der Waals surface area contributed by atoms with Crippen molar-refractivity contribution in [1.29, 1.82) is 0 Å². The van der Waals surface area contributed by atoms with Crippen molar-refractivity contribution in [1.82, 2.24) is 4.57 Å². The summed E-state index contributed by atoms with van der Waals surface area (Å²) < 4.78 is 26.3. The lowest BCUT2D eigenvalue weighted by Crippen LogP contribution is -3.98. The molecule has 0 atom stereocenters. The molecule has 0 aliphatic heterocycles. The van der Waals surface area contributed by atoms with Gasteiger partial charge in [0.15, 0.2) is 0 Å². The van der Waals surface area contributed by atoms with Gasteiger partial charge in [0.25, 0.3) is 0 Å². The van der Waals surface area contributed by atoms with E-state index in [0.29, 0.717) is 0 Å². The largest absolute Gasteiger partial charge is 0.503 e. The number of rotatable bonds is 0. The molecule has 0 saturated carbocycles. The van der Waals surface area contributed by atoms with Crippen LogP contribution in [0.3, 0.4) is 0 Å². The van der Waals surface area contributed by atoms with Crippen LogP contribution in [0.15, 0.2) is 18.3 Å². The molecule has 0 unspecified atom stereocenters. The fourth-order valence-electron chi connectivity index (χ4n) is 0.440. The first kappa shape index (κ1) is 11.2.